The van der Waals surface area contributed by atoms with E-state index in [-0.39, 0.29) is 12.8 Å². The number of rotatable bonds is 2. The average molecular weight is 246 g/mol. The van der Waals surface area contributed by atoms with Crippen molar-refractivity contribution in [3.63, 3.8) is 0 Å². The Balaban J connectivity index is 0.000000583. The maximum atomic E-state index is 12.7. The van der Waals surface area contributed by atoms with Crippen LogP contribution in [0.5, 0.6) is 0 Å². The molecule has 1 saturated carbocycles. The normalized spacial score (nSPS) is 21.7. The minimum absolute atomic E-state index is 0.140. The topological polar surface area (TPSA) is 37.3 Å². The van der Waals surface area contributed by atoms with Crippen LogP contribution in [0.15, 0.2) is 0 Å². The lowest BCUT2D eigenvalue weighted by Gasteiger charge is -2.21. The standard InChI is InChI=1S/C6H10F3O2P.C3H8/c7-6(8,12(9,10)11)5-3-1-2-4-5;1-3-2/h5H,1-4H2,(H,10,11);3H2,1-2H3. The summed E-state index contributed by atoms with van der Waals surface area (Å²) < 4.78 is 47.8. The van der Waals surface area contributed by atoms with E-state index in [0.717, 1.165) is 0 Å². The Morgan fingerprint density at radius 1 is 1.33 bits per heavy atom. The first-order valence-electron chi connectivity index (χ1n) is 5.17. The van der Waals surface area contributed by atoms with Gasteiger partial charge in [-0.15, -0.1) is 0 Å². The van der Waals surface area contributed by atoms with Gasteiger partial charge in [0.2, 0.25) is 0 Å². The van der Waals surface area contributed by atoms with Crippen LogP contribution in [0, 0.1) is 5.92 Å². The highest BCUT2D eigenvalue weighted by atomic mass is 31.2. The highest BCUT2D eigenvalue weighted by Crippen LogP contribution is 2.63. The minimum Gasteiger partial charge on any atom is -0.317 e. The number of hydrogen-bond acceptors (Lipinski definition) is 1. The minimum atomic E-state index is -5.75. The van der Waals surface area contributed by atoms with Crippen LogP contribution in [0.1, 0.15) is 46.0 Å². The van der Waals surface area contributed by atoms with Gasteiger partial charge in [0.25, 0.3) is 0 Å². The molecule has 0 aromatic heterocycles. The van der Waals surface area contributed by atoms with E-state index < -0.39 is 19.3 Å². The Labute approximate surface area is 88.4 Å². The maximum absolute atomic E-state index is 12.7. The molecular weight excluding hydrogens is 228 g/mol. The van der Waals surface area contributed by atoms with Crippen molar-refractivity contribution in [2.24, 2.45) is 5.92 Å². The van der Waals surface area contributed by atoms with Crippen LogP contribution in [0.4, 0.5) is 13.0 Å². The lowest BCUT2D eigenvalue weighted by Crippen LogP contribution is -2.24. The molecule has 0 spiro atoms. The van der Waals surface area contributed by atoms with Crippen molar-refractivity contribution in [2.75, 3.05) is 0 Å². The summed E-state index contributed by atoms with van der Waals surface area (Å²) in [4.78, 5) is 8.14. The van der Waals surface area contributed by atoms with E-state index in [9.17, 15) is 17.5 Å². The first-order valence-corrected chi connectivity index (χ1v) is 6.72. The fourth-order valence-electron chi connectivity index (χ4n) is 1.50. The fraction of sp³-hybridized carbons (Fsp3) is 1.00. The van der Waals surface area contributed by atoms with E-state index in [2.05, 4.69) is 13.8 Å². The zero-order chi connectivity index (χ0) is 12.1. The second-order valence-corrected chi connectivity index (χ2v) is 5.38. The molecule has 0 aromatic rings. The first kappa shape index (κ1) is 15.0. The van der Waals surface area contributed by atoms with Crippen LogP contribution in [0.3, 0.4) is 0 Å². The van der Waals surface area contributed by atoms with Gasteiger partial charge in [-0.3, -0.25) is 0 Å². The molecule has 1 rings (SSSR count). The molecule has 0 bridgehead atoms. The van der Waals surface area contributed by atoms with Crippen molar-refractivity contribution in [2.45, 2.75) is 51.6 Å². The maximum Gasteiger partial charge on any atom is 0.433 e. The monoisotopic (exact) mass is 246 g/mol. The van der Waals surface area contributed by atoms with Gasteiger partial charge in [-0.25, -0.2) is 4.57 Å². The van der Waals surface area contributed by atoms with Gasteiger partial charge >= 0.3 is 13.3 Å². The van der Waals surface area contributed by atoms with Crippen LogP contribution in [-0.4, -0.2) is 10.6 Å². The van der Waals surface area contributed by atoms with Crippen molar-refractivity contribution in [1.82, 2.24) is 0 Å². The summed E-state index contributed by atoms with van der Waals surface area (Å²) in [5, 5.41) is 0. The van der Waals surface area contributed by atoms with Gasteiger partial charge in [0.05, 0.1) is 0 Å². The van der Waals surface area contributed by atoms with E-state index in [1.165, 1.54) is 6.42 Å². The van der Waals surface area contributed by atoms with E-state index in [1.54, 1.807) is 0 Å². The third-order valence-corrected chi connectivity index (χ3v) is 3.31. The predicted octanol–water partition coefficient (Wildman–Crippen LogP) is 4.34. The summed E-state index contributed by atoms with van der Waals surface area (Å²) >= 11 is 0. The Morgan fingerprint density at radius 2 is 1.67 bits per heavy atom. The number of hydrogen-bond donors (Lipinski definition) is 1. The lowest BCUT2D eigenvalue weighted by atomic mass is 10.1. The summed E-state index contributed by atoms with van der Waals surface area (Å²) in [7, 11) is -5.75. The Bertz CT molecular complexity index is 221. The Hall–Kier alpha value is -0.0200. The molecule has 2 nitrogen and oxygen atoms in total. The number of halogens is 3. The van der Waals surface area contributed by atoms with Gasteiger partial charge < -0.3 is 4.89 Å². The molecule has 1 N–H and O–H groups in total. The second kappa shape index (κ2) is 5.90. The van der Waals surface area contributed by atoms with Crippen LogP contribution in [0.2, 0.25) is 0 Å². The molecule has 15 heavy (non-hydrogen) atoms. The molecule has 0 radical (unpaired) electrons. The quantitative estimate of drug-likeness (QED) is 0.736. The zero-order valence-electron chi connectivity index (χ0n) is 9.05. The van der Waals surface area contributed by atoms with Crippen molar-refractivity contribution in [3.8, 4) is 0 Å². The van der Waals surface area contributed by atoms with Crippen LogP contribution >= 0.6 is 7.68 Å². The van der Waals surface area contributed by atoms with Crippen LogP contribution in [0.25, 0.3) is 0 Å². The molecule has 1 aliphatic rings. The van der Waals surface area contributed by atoms with Gasteiger partial charge in [0.1, 0.15) is 0 Å². The van der Waals surface area contributed by atoms with Crippen molar-refractivity contribution >= 4 is 7.68 Å². The van der Waals surface area contributed by atoms with E-state index in [0.29, 0.717) is 12.8 Å². The molecule has 92 valence electrons. The molecule has 1 unspecified atom stereocenters. The molecule has 0 aliphatic heterocycles. The van der Waals surface area contributed by atoms with E-state index in [1.807, 2.05) is 0 Å². The highest BCUT2D eigenvalue weighted by molar-refractivity contribution is 7.53. The molecular formula is C9H18F3O2P. The smallest absolute Gasteiger partial charge is 0.317 e. The molecule has 1 aliphatic carbocycles. The predicted molar refractivity (Wildman–Crippen MR) is 53.8 cm³/mol. The van der Waals surface area contributed by atoms with Crippen molar-refractivity contribution in [1.29, 1.82) is 0 Å². The SMILES string of the molecule is CCC.O=P(O)(F)C(F)(F)C1CCCC1. The van der Waals surface area contributed by atoms with Gasteiger partial charge in [-0.1, -0.05) is 33.1 Å². The summed E-state index contributed by atoms with van der Waals surface area (Å²) in [6.45, 7) is 4.25. The van der Waals surface area contributed by atoms with Crippen molar-refractivity contribution in [3.05, 3.63) is 0 Å². The Morgan fingerprint density at radius 3 is 1.93 bits per heavy atom. The summed E-state index contributed by atoms with van der Waals surface area (Å²) in [5.74, 6) is -1.25. The van der Waals surface area contributed by atoms with Crippen LogP contribution in [-0.2, 0) is 4.57 Å². The summed E-state index contributed by atoms with van der Waals surface area (Å²) in [5.41, 5.74) is -4.04. The summed E-state index contributed by atoms with van der Waals surface area (Å²) in [6.07, 6.45) is 2.70. The average Bonchev–Trinajstić information content (AvgIpc) is 2.54. The van der Waals surface area contributed by atoms with Crippen LogP contribution < -0.4 is 0 Å². The Kier molecular flexibility index (Phi) is 5.89. The van der Waals surface area contributed by atoms with Gasteiger partial charge in [0.15, 0.2) is 0 Å². The third kappa shape index (κ3) is 4.15. The van der Waals surface area contributed by atoms with Crippen molar-refractivity contribution < 1.29 is 22.4 Å². The molecule has 0 aromatic carbocycles. The largest absolute Gasteiger partial charge is 0.433 e. The number of alkyl halides is 2. The lowest BCUT2D eigenvalue weighted by molar-refractivity contribution is 0.00874. The first-order chi connectivity index (χ1) is 6.77. The third-order valence-electron chi connectivity index (χ3n) is 2.21. The molecule has 6 heteroatoms. The molecule has 0 heterocycles. The van der Waals surface area contributed by atoms with Gasteiger partial charge in [-0.2, -0.15) is 13.0 Å². The highest BCUT2D eigenvalue weighted by Gasteiger charge is 2.56. The second-order valence-electron chi connectivity index (χ2n) is 3.78. The van der Waals surface area contributed by atoms with Gasteiger partial charge in [-0.05, 0) is 12.8 Å². The fourth-order valence-corrected chi connectivity index (χ4v) is 2.21. The van der Waals surface area contributed by atoms with E-state index in [4.69, 9.17) is 4.89 Å². The molecule has 1 fully saturated rings. The molecule has 1 atom stereocenters. The molecule has 0 amide bonds. The van der Waals surface area contributed by atoms with E-state index >= 15 is 0 Å². The zero-order valence-corrected chi connectivity index (χ0v) is 9.94. The summed E-state index contributed by atoms with van der Waals surface area (Å²) in [6, 6.07) is 0. The molecule has 0 saturated heterocycles. The van der Waals surface area contributed by atoms with Gasteiger partial charge in [0, 0.05) is 5.92 Å².